The SMILES string of the molecule is CCCNC(=O)[C@H]1CCC(=O)N(C)[C@@H]1c1ccccc1F. The average molecular weight is 292 g/mol. The third-order valence-corrected chi connectivity index (χ3v) is 3.97. The maximum Gasteiger partial charge on any atom is 0.225 e. The summed E-state index contributed by atoms with van der Waals surface area (Å²) in [6.07, 6.45) is 1.63. The fraction of sp³-hybridized carbons (Fsp3) is 0.500. The first-order valence-corrected chi connectivity index (χ1v) is 7.34. The highest BCUT2D eigenvalue weighted by molar-refractivity contribution is 5.84. The van der Waals surface area contributed by atoms with Gasteiger partial charge in [-0.25, -0.2) is 4.39 Å². The number of hydrogen-bond donors (Lipinski definition) is 1. The van der Waals surface area contributed by atoms with Crippen molar-refractivity contribution < 1.29 is 14.0 Å². The van der Waals surface area contributed by atoms with E-state index in [2.05, 4.69) is 5.32 Å². The fourth-order valence-corrected chi connectivity index (χ4v) is 2.83. The van der Waals surface area contributed by atoms with Gasteiger partial charge >= 0.3 is 0 Å². The van der Waals surface area contributed by atoms with Gasteiger partial charge in [0.2, 0.25) is 11.8 Å². The van der Waals surface area contributed by atoms with E-state index in [0.29, 0.717) is 24.9 Å². The molecule has 1 aromatic carbocycles. The first kappa shape index (κ1) is 15.5. The predicted octanol–water partition coefficient (Wildman–Crippen LogP) is 2.26. The molecule has 1 fully saturated rings. The van der Waals surface area contributed by atoms with Gasteiger partial charge in [-0.1, -0.05) is 25.1 Å². The Balaban J connectivity index is 2.32. The number of likely N-dealkylation sites (tertiary alicyclic amines) is 1. The topological polar surface area (TPSA) is 49.4 Å². The number of nitrogens with zero attached hydrogens (tertiary/aromatic N) is 1. The Morgan fingerprint density at radius 1 is 1.43 bits per heavy atom. The molecule has 5 heteroatoms. The van der Waals surface area contributed by atoms with Crippen molar-refractivity contribution in [3.05, 3.63) is 35.6 Å². The summed E-state index contributed by atoms with van der Waals surface area (Å²) in [6, 6.07) is 5.81. The molecule has 2 atom stereocenters. The second-order valence-electron chi connectivity index (χ2n) is 5.41. The monoisotopic (exact) mass is 292 g/mol. The normalized spacial score (nSPS) is 22.2. The standard InChI is InChI=1S/C16H21FN2O2/c1-3-10-18-16(21)12-8-9-14(20)19(2)15(12)11-6-4-5-7-13(11)17/h4-7,12,15H,3,8-10H2,1-2H3,(H,18,21)/t12-,15+/m0/s1. The zero-order valence-corrected chi connectivity index (χ0v) is 12.4. The molecular weight excluding hydrogens is 271 g/mol. The maximum atomic E-state index is 14.1. The van der Waals surface area contributed by atoms with Gasteiger partial charge in [0.15, 0.2) is 0 Å². The lowest BCUT2D eigenvalue weighted by molar-refractivity contribution is -0.141. The molecule has 0 unspecified atom stereocenters. The third-order valence-electron chi connectivity index (χ3n) is 3.97. The number of benzene rings is 1. The summed E-state index contributed by atoms with van der Waals surface area (Å²) in [4.78, 5) is 25.8. The molecule has 0 aromatic heterocycles. The minimum Gasteiger partial charge on any atom is -0.356 e. The summed E-state index contributed by atoms with van der Waals surface area (Å²) in [5.74, 6) is -0.944. The molecular formula is C16H21FN2O2. The van der Waals surface area contributed by atoms with Gasteiger partial charge in [0.1, 0.15) is 5.82 Å². The molecule has 0 bridgehead atoms. The number of nitrogens with one attached hydrogen (secondary N) is 1. The van der Waals surface area contributed by atoms with Crippen LogP contribution in [0.5, 0.6) is 0 Å². The zero-order valence-electron chi connectivity index (χ0n) is 12.4. The van der Waals surface area contributed by atoms with Crippen molar-refractivity contribution in [2.24, 2.45) is 5.92 Å². The molecule has 0 aliphatic carbocycles. The zero-order chi connectivity index (χ0) is 15.4. The second kappa shape index (κ2) is 6.70. The van der Waals surface area contributed by atoms with Crippen molar-refractivity contribution in [3.8, 4) is 0 Å². The van der Waals surface area contributed by atoms with E-state index < -0.39 is 12.0 Å². The highest BCUT2D eigenvalue weighted by atomic mass is 19.1. The second-order valence-corrected chi connectivity index (χ2v) is 5.41. The van der Waals surface area contributed by atoms with Gasteiger partial charge < -0.3 is 10.2 Å². The molecule has 2 rings (SSSR count). The maximum absolute atomic E-state index is 14.1. The summed E-state index contributed by atoms with van der Waals surface area (Å²) in [7, 11) is 1.64. The van der Waals surface area contributed by atoms with Crippen LogP contribution in [-0.2, 0) is 9.59 Å². The Bertz CT molecular complexity index is 533. The van der Waals surface area contributed by atoms with Crippen molar-refractivity contribution in [1.82, 2.24) is 10.2 Å². The summed E-state index contributed by atoms with van der Waals surface area (Å²) >= 11 is 0. The Hall–Kier alpha value is -1.91. The first-order valence-electron chi connectivity index (χ1n) is 7.34. The molecule has 4 nitrogen and oxygen atoms in total. The first-order chi connectivity index (χ1) is 10.1. The van der Waals surface area contributed by atoms with Crippen LogP contribution in [0.25, 0.3) is 0 Å². The molecule has 0 spiro atoms. The number of rotatable bonds is 4. The van der Waals surface area contributed by atoms with Gasteiger partial charge in [0, 0.05) is 25.6 Å². The summed E-state index contributed by atoms with van der Waals surface area (Å²) in [5, 5.41) is 2.86. The molecule has 1 N–H and O–H groups in total. The number of halogens is 1. The molecule has 21 heavy (non-hydrogen) atoms. The van der Waals surface area contributed by atoms with Gasteiger partial charge in [0.05, 0.1) is 12.0 Å². The average Bonchev–Trinajstić information content (AvgIpc) is 2.48. The van der Waals surface area contributed by atoms with Crippen molar-refractivity contribution >= 4 is 11.8 Å². The lowest BCUT2D eigenvalue weighted by Crippen LogP contribution is -2.46. The van der Waals surface area contributed by atoms with E-state index >= 15 is 0 Å². The van der Waals surface area contributed by atoms with Crippen LogP contribution >= 0.6 is 0 Å². The number of carbonyl (C=O) groups excluding carboxylic acids is 2. The number of carbonyl (C=O) groups is 2. The highest BCUT2D eigenvalue weighted by Crippen LogP contribution is 2.36. The Kier molecular flexibility index (Phi) is 4.94. The van der Waals surface area contributed by atoms with Crippen molar-refractivity contribution in [1.29, 1.82) is 0 Å². The lowest BCUT2D eigenvalue weighted by Gasteiger charge is -2.38. The van der Waals surface area contributed by atoms with Gasteiger partial charge in [-0.2, -0.15) is 0 Å². The number of hydrogen-bond acceptors (Lipinski definition) is 2. The van der Waals surface area contributed by atoms with Crippen molar-refractivity contribution in [3.63, 3.8) is 0 Å². The van der Waals surface area contributed by atoms with Gasteiger partial charge in [-0.15, -0.1) is 0 Å². The van der Waals surface area contributed by atoms with Crippen molar-refractivity contribution in [2.45, 2.75) is 32.2 Å². The number of amides is 2. The smallest absolute Gasteiger partial charge is 0.225 e. The fourth-order valence-electron chi connectivity index (χ4n) is 2.83. The van der Waals surface area contributed by atoms with E-state index in [1.165, 1.54) is 11.0 Å². The van der Waals surface area contributed by atoms with Crippen LogP contribution in [0, 0.1) is 11.7 Å². The van der Waals surface area contributed by atoms with Crippen LogP contribution < -0.4 is 5.32 Å². The van der Waals surface area contributed by atoms with E-state index in [-0.39, 0.29) is 17.6 Å². The summed E-state index contributed by atoms with van der Waals surface area (Å²) in [5.41, 5.74) is 0.407. The minimum absolute atomic E-state index is 0.0530. The molecule has 0 saturated carbocycles. The van der Waals surface area contributed by atoms with Gasteiger partial charge in [-0.3, -0.25) is 9.59 Å². The molecule has 1 saturated heterocycles. The molecule has 114 valence electrons. The molecule has 1 aromatic rings. The molecule has 0 radical (unpaired) electrons. The van der Waals surface area contributed by atoms with Crippen LogP contribution in [0.3, 0.4) is 0 Å². The van der Waals surface area contributed by atoms with E-state index in [4.69, 9.17) is 0 Å². The summed E-state index contributed by atoms with van der Waals surface area (Å²) < 4.78 is 14.1. The molecule has 1 aliphatic heterocycles. The minimum atomic E-state index is -0.538. The highest BCUT2D eigenvalue weighted by Gasteiger charge is 2.39. The van der Waals surface area contributed by atoms with Crippen LogP contribution in [0.2, 0.25) is 0 Å². The molecule has 2 amide bonds. The van der Waals surface area contributed by atoms with Crippen LogP contribution in [0.1, 0.15) is 37.8 Å². The van der Waals surface area contributed by atoms with E-state index in [1.54, 1.807) is 25.2 Å². The molecule has 1 heterocycles. The largest absolute Gasteiger partial charge is 0.356 e. The lowest BCUT2D eigenvalue weighted by atomic mass is 9.83. The van der Waals surface area contributed by atoms with Crippen LogP contribution in [0.15, 0.2) is 24.3 Å². The number of piperidine rings is 1. The van der Waals surface area contributed by atoms with E-state index in [1.807, 2.05) is 6.92 Å². The Labute approximate surface area is 124 Å². The van der Waals surface area contributed by atoms with Gasteiger partial charge in [0.25, 0.3) is 0 Å². The van der Waals surface area contributed by atoms with E-state index in [9.17, 15) is 14.0 Å². The van der Waals surface area contributed by atoms with E-state index in [0.717, 1.165) is 6.42 Å². The molecule has 1 aliphatic rings. The van der Waals surface area contributed by atoms with Crippen LogP contribution in [-0.4, -0.2) is 30.3 Å². The predicted molar refractivity (Wildman–Crippen MR) is 77.9 cm³/mol. The van der Waals surface area contributed by atoms with Crippen LogP contribution in [0.4, 0.5) is 4.39 Å². The quantitative estimate of drug-likeness (QED) is 0.925. The Morgan fingerprint density at radius 2 is 2.14 bits per heavy atom. The summed E-state index contributed by atoms with van der Waals surface area (Å²) in [6.45, 7) is 2.57. The van der Waals surface area contributed by atoms with Gasteiger partial charge in [-0.05, 0) is 18.9 Å². The third kappa shape index (κ3) is 3.23. The van der Waals surface area contributed by atoms with Crippen molar-refractivity contribution in [2.75, 3.05) is 13.6 Å². The Morgan fingerprint density at radius 3 is 2.81 bits per heavy atom.